The fraction of sp³-hybridized carbons (Fsp3) is 0.714. The fourth-order valence-corrected chi connectivity index (χ4v) is 3.52. The van der Waals surface area contributed by atoms with Gasteiger partial charge >= 0.3 is 0 Å². The molecule has 4 nitrogen and oxygen atoms in total. The SMILES string of the molecule is CCCC1(C(=O)NCc2ncc(C)s2)CCCNC1. The lowest BCUT2D eigenvalue weighted by atomic mass is 9.76. The Hall–Kier alpha value is -0.940. The van der Waals surface area contributed by atoms with Crippen LogP contribution >= 0.6 is 11.3 Å². The van der Waals surface area contributed by atoms with E-state index in [2.05, 4.69) is 22.5 Å². The van der Waals surface area contributed by atoms with E-state index in [-0.39, 0.29) is 11.3 Å². The maximum Gasteiger partial charge on any atom is 0.227 e. The predicted octanol–water partition coefficient (Wildman–Crippen LogP) is 2.24. The molecule has 1 aliphatic heterocycles. The van der Waals surface area contributed by atoms with Gasteiger partial charge in [0.05, 0.1) is 12.0 Å². The third-order valence-electron chi connectivity index (χ3n) is 3.75. The van der Waals surface area contributed by atoms with Crippen LogP contribution in [0, 0.1) is 12.3 Å². The van der Waals surface area contributed by atoms with Gasteiger partial charge in [-0.1, -0.05) is 13.3 Å². The van der Waals surface area contributed by atoms with E-state index in [1.54, 1.807) is 11.3 Å². The van der Waals surface area contributed by atoms with Crippen molar-refractivity contribution in [1.82, 2.24) is 15.6 Å². The first-order valence-corrected chi connectivity index (χ1v) is 7.88. The summed E-state index contributed by atoms with van der Waals surface area (Å²) in [6, 6.07) is 0. The third-order valence-corrected chi connectivity index (χ3v) is 4.66. The average molecular weight is 281 g/mol. The van der Waals surface area contributed by atoms with Crippen molar-refractivity contribution in [3.05, 3.63) is 16.1 Å². The topological polar surface area (TPSA) is 54.0 Å². The van der Waals surface area contributed by atoms with Gasteiger partial charge in [-0.05, 0) is 32.7 Å². The Balaban J connectivity index is 1.95. The molecule has 0 aliphatic carbocycles. The van der Waals surface area contributed by atoms with Crippen molar-refractivity contribution in [2.45, 2.75) is 46.1 Å². The van der Waals surface area contributed by atoms with Crippen molar-refractivity contribution in [3.8, 4) is 0 Å². The number of hydrogen-bond acceptors (Lipinski definition) is 4. The molecule has 0 spiro atoms. The van der Waals surface area contributed by atoms with E-state index in [0.717, 1.165) is 43.8 Å². The van der Waals surface area contributed by atoms with E-state index in [1.807, 2.05) is 13.1 Å². The molecule has 106 valence electrons. The van der Waals surface area contributed by atoms with Crippen LogP contribution in [0.25, 0.3) is 0 Å². The van der Waals surface area contributed by atoms with Crippen LogP contribution in [0.5, 0.6) is 0 Å². The van der Waals surface area contributed by atoms with Crippen LogP contribution in [0.4, 0.5) is 0 Å². The molecule has 0 bridgehead atoms. The van der Waals surface area contributed by atoms with Crippen LogP contribution < -0.4 is 10.6 Å². The third kappa shape index (κ3) is 3.54. The molecule has 1 fully saturated rings. The summed E-state index contributed by atoms with van der Waals surface area (Å²) in [4.78, 5) is 18.0. The fourth-order valence-electron chi connectivity index (χ4n) is 2.79. The van der Waals surface area contributed by atoms with E-state index in [1.165, 1.54) is 4.88 Å². The molecule has 0 saturated carbocycles. The van der Waals surface area contributed by atoms with Gasteiger partial charge in [-0.25, -0.2) is 4.98 Å². The molecule has 2 N–H and O–H groups in total. The Kier molecular flexibility index (Phi) is 4.93. The Labute approximate surface area is 119 Å². The lowest BCUT2D eigenvalue weighted by Gasteiger charge is -2.36. The van der Waals surface area contributed by atoms with Crippen molar-refractivity contribution in [2.24, 2.45) is 5.41 Å². The van der Waals surface area contributed by atoms with Crippen molar-refractivity contribution in [1.29, 1.82) is 0 Å². The number of amides is 1. The first kappa shape index (κ1) is 14.5. The summed E-state index contributed by atoms with van der Waals surface area (Å²) >= 11 is 1.65. The number of aromatic nitrogens is 1. The molecule has 1 unspecified atom stereocenters. The van der Waals surface area contributed by atoms with Gasteiger partial charge in [0.15, 0.2) is 0 Å². The highest BCUT2D eigenvalue weighted by molar-refractivity contribution is 7.11. The molecule has 5 heteroatoms. The molecule has 1 atom stereocenters. The van der Waals surface area contributed by atoms with Gasteiger partial charge in [0, 0.05) is 17.6 Å². The smallest absolute Gasteiger partial charge is 0.227 e. The molecule has 1 aliphatic rings. The van der Waals surface area contributed by atoms with Crippen molar-refractivity contribution < 1.29 is 4.79 Å². The molecule has 1 aromatic rings. The first-order valence-electron chi connectivity index (χ1n) is 7.06. The molecule has 1 saturated heterocycles. The summed E-state index contributed by atoms with van der Waals surface area (Å²) in [6.45, 7) is 6.58. The molecule has 0 radical (unpaired) electrons. The van der Waals surface area contributed by atoms with Gasteiger partial charge < -0.3 is 10.6 Å². The van der Waals surface area contributed by atoms with Crippen LogP contribution in [-0.2, 0) is 11.3 Å². The molecule has 0 aromatic carbocycles. The van der Waals surface area contributed by atoms with Crippen molar-refractivity contribution in [2.75, 3.05) is 13.1 Å². The minimum absolute atomic E-state index is 0.189. The van der Waals surface area contributed by atoms with Gasteiger partial charge in [-0.2, -0.15) is 0 Å². The number of piperidine rings is 1. The summed E-state index contributed by atoms with van der Waals surface area (Å²) in [5.74, 6) is 0.189. The van der Waals surface area contributed by atoms with Gasteiger partial charge in [0.2, 0.25) is 5.91 Å². The van der Waals surface area contributed by atoms with E-state index < -0.39 is 0 Å². The van der Waals surface area contributed by atoms with E-state index >= 15 is 0 Å². The van der Waals surface area contributed by atoms with Gasteiger partial charge in [0.25, 0.3) is 0 Å². The Bertz CT molecular complexity index is 419. The zero-order chi connectivity index (χ0) is 13.7. The van der Waals surface area contributed by atoms with Crippen LogP contribution in [-0.4, -0.2) is 24.0 Å². The van der Waals surface area contributed by atoms with E-state index in [0.29, 0.717) is 6.54 Å². The Morgan fingerprint density at radius 2 is 2.47 bits per heavy atom. The standard InChI is InChI=1S/C14H23N3OS/c1-3-5-14(6-4-7-15-10-14)13(18)17-9-12-16-8-11(2)19-12/h8,15H,3-7,9-10H2,1-2H3,(H,17,18). The minimum atomic E-state index is -0.209. The second-order valence-electron chi connectivity index (χ2n) is 5.36. The van der Waals surface area contributed by atoms with Gasteiger partial charge in [-0.15, -0.1) is 11.3 Å². The molecule has 1 aromatic heterocycles. The van der Waals surface area contributed by atoms with Crippen molar-refractivity contribution >= 4 is 17.2 Å². The molecular weight excluding hydrogens is 258 g/mol. The quantitative estimate of drug-likeness (QED) is 0.870. The highest BCUT2D eigenvalue weighted by atomic mass is 32.1. The summed E-state index contributed by atoms with van der Waals surface area (Å²) in [7, 11) is 0. The minimum Gasteiger partial charge on any atom is -0.349 e. The number of aryl methyl sites for hydroxylation is 1. The largest absolute Gasteiger partial charge is 0.349 e. The summed E-state index contributed by atoms with van der Waals surface area (Å²) in [5, 5.41) is 7.43. The van der Waals surface area contributed by atoms with Crippen LogP contribution in [0.1, 0.15) is 42.5 Å². The molecule has 1 amide bonds. The molecule has 2 rings (SSSR count). The zero-order valence-corrected chi connectivity index (χ0v) is 12.6. The van der Waals surface area contributed by atoms with Crippen LogP contribution in [0.3, 0.4) is 0 Å². The summed E-state index contributed by atoms with van der Waals surface area (Å²) < 4.78 is 0. The number of carbonyl (C=O) groups is 1. The van der Waals surface area contributed by atoms with Crippen molar-refractivity contribution in [3.63, 3.8) is 0 Å². The summed E-state index contributed by atoms with van der Waals surface area (Å²) in [6.07, 6.45) is 5.95. The number of thiazole rings is 1. The van der Waals surface area contributed by atoms with Gasteiger partial charge in [-0.3, -0.25) is 4.79 Å². The monoisotopic (exact) mass is 281 g/mol. The number of hydrogen-bond donors (Lipinski definition) is 2. The first-order chi connectivity index (χ1) is 9.16. The second kappa shape index (κ2) is 6.48. The number of nitrogens with zero attached hydrogens (tertiary/aromatic N) is 1. The lowest BCUT2D eigenvalue weighted by Crippen LogP contribution is -2.50. The number of rotatable bonds is 5. The van der Waals surface area contributed by atoms with E-state index in [9.17, 15) is 4.79 Å². The maximum absolute atomic E-state index is 12.5. The number of nitrogens with one attached hydrogen (secondary N) is 2. The molecular formula is C14H23N3OS. The lowest BCUT2D eigenvalue weighted by molar-refractivity contribution is -0.132. The normalized spacial score (nSPS) is 23.3. The zero-order valence-electron chi connectivity index (χ0n) is 11.8. The summed E-state index contributed by atoms with van der Waals surface area (Å²) in [5.41, 5.74) is -0.209. The van der Waals surface area contributed by atoms with Gasteiger partial charge in [0.1, 0.15) is 5.01 Å². The predicted molar refractivity (Wildman–Crippen MR) is 78.1 cm³/mol. The molecule has 19 heavy (non-hydrogen) atoms. The van der Waals surface area contributed by atoms with Crippen LogP contribution in [0.15, 0.2) is 6.20 Å². The Morgan fingerprint density at radius 3 is 3.05 bits per heavy atom. The average Bonchev–Trinajstić information content (AvgIpc) is 2.83. The van der Waals surface area contributed by atoms with E-state index in [4.69, 9.17) is 0 Å². The highest BCUT2D eigenvalue weighted by Crippen LogP contribution is 2.32. The highest BCUT2D eigenvalue weighted by Gasteiger charge is 2.38. The number of carbonyl (C=O) groups excluding carboxylic acids is 1. The second-order valence-corrected chi connectivity index (χ2v) is 6.68. The Morgan fingerprint density at radius 1 is 1.63 bits per heavy atom. The maximum atomic E-state index is 12.5. The van der Waals surface area contributed by atoms with Crippen LogP contribution in [0.2, 0.25) is 0 Å². The molecule has 2 heterocycles.